The van der Waals surface area contributed by atoms with Gasteiger partial charge < -0.3 is 33.8 Å². The summed E-state index contributed by atoms with van der Waals surface area (Å²) in [4.78, 5) is 73.4. The minimum absolute atomic E-state index is 0.108. The Morgan fingerprint density at radius 3 is 0.618 bits per heavy atom. The fourth-order valence-corrected chi connectivity index (χ4v) is 15.9. The van der Waals surface area contributed by atoms with Crippen LogP contribution in [0.2, 0.25) is 0 Å². The Bertz CT molecular complexity index is 2100. The van der Waals surface area contributed by atoms with Crippen LogP contribution in [0.5, 0.6) is 0 Å². The predicted molar refractivity (Wildman–Crippen MR) is 455 cm³/mol. The molecule has 0 fully saturated rings. The van der Waals surface area contributed by atoms with Crippen LogP contribution in [0.3, 0.4) is 0 Å². The molecular weight excluding hydrogens is 1430 g/mol. The minimum Gasteiger partial charge on any atom is -0.462 e. The highest BCUT2D eigenvalue weighted by Crippen LogP contribution is 2.45. The smallest absolute Gasteiger partial charge is 0.462 e. The van der Waals surface area contributed by atoms with E-state index in [1.54, 1.807) is 0 Å². The standard InChI is InChI=1S/C91H178O17P2/c1-7-9-11-13-15-17-19-20-21-22-23-24-25-26-31-34-40-45-51-57-63-69-75-90(95)108-87(80-102-89(94)74-68-62-56-50-44-39-33-30-28-27-29-32-37-42-47-53-59-65-71-83(3)4)82-106-110(99,100)104-78-85(92)77-103-109(97,98)105-81-86(79-101-88(93)73-67-61-55-49-18-16-14-12-10-8-2)107-91(96)76-70-64-58-52-46-41-36-35-38-43-48-54-60-66-72-84(5)6/h83-87,92H,7-82H2,1-6H3,(H,97,98)(H,99,100)/t85-,86+,87+/m0/s1. The maximum Gasteiger partial charge on any atom is 0.472 e. The van der Waals surface area contributed by atoms with Crippen LogP contribution in [-0.2, 0) is 65.4 Å². The van der Waals surface area contributed by atoms with Crippen molar-refractivity contribution in [1.82, 2.24) is 0 Å². The van der Waals surface area contributed by atoms with E-state index in [0.29, 0.717) is 25.7 Å². The molecule has 0 spiro atoms. The molecule has 0 heterocycles. The first kappa shape index (κ1) is 108. The van der Waals surface area contributed by atoms with E-state index in [-0.39, 0.29) is 25.7 Å². The van der Waals surface area contributed by atoms with E-state index in [1.807, 2.05) is 0 Å². The molecule has 2 unspecified atom stereocenters. The van der Waals surface area contributed by atoms with E-state index in [1.165, 1.54) is 308 Å². The number of carbonyl (C=O) groups excluding carboxylic acids is 4. The van der Waals surface area contributed by atoms with E-state index in [2.05, 4.69) is 41.5 Å². The molecule has 17 nitrogen and oxygen atoms in total. The summed E-state index contributed by atoms with van der Waals surface area (Å²) in [7, 11) is -9.93. The average Bonchev–Trinajstić information content (AvgIpc) is 0.897. The van der Waals surface area contributed by atoms with Gasteiger partial charge in [0.05, 0.1) is 26.4 Å². The van der Waals surface area contributed by atoms with Gasteiger partial charge in [-0.1, -0.05) is 440 Å². The zero-order valence-electron chi connectivity index (χ0n) is 72.6. The summed E-state index contributed by atoms with van der Waals surface area (Å²) in [6.45, 7) is 9.75. The Morgan fingerprint density at radius 1 is 0.245 bits per heavy atom. The Balaban J connectivity index is 5.21. The Hall–Kier alpha value is -1.94. The van der Waals surface area contributed by atoms with Crippen molar-refractivity contribution >= 4 is 39.5 Å². The second kappa shape index (κ2) is 82.2. The first-order chi connectivity index (χ1) is 53.4. The molecule has 654 valence electrons. The van der Waals surface area contributed by atoms with Crippen LogP contribution in [0.15, 0.2) is 0 Å². The van der Waals surface area contributed by atoms with Gasteiger partial charge in [-0.15, -0.1) is 0 Å². The molecule has 110 heavy (non-hydrogen) atoms. The molecule has 0 bridgehead atoms. The fraction of sp³-hybridized carbons (Fsp3) is 0.956. The van der Waals surface area contributed by atoms with Gasteiger partial charge in [-0.05, 0) is 37.5 Å². The lowest BCUT2D eigenvalue weighted by atomic mass is 10.0. The van der Waals surface area contributed by atoms with Gasteiger partial charge in [0.15, 0.2) is 12.2 Å². The number of hydrogen-bond donors (Lipinski definition) is 3. The van der Waals surface area contributed by atoms with E-state index in [4.69, 9.17) is 37.0 Å². The third-order valence-electron chi connectivity index (χ3n) is 21.5. The molecule has 19 heteroatoms. The maximum atomic E-state index is 13.2. The summed E-state index contributed by atoms with van der Waals surface area (Å²) in [6.07, 6.45) is 76.5. The molecule has 5 atom stereocenters. The van der Waals surface area contributed by atoms with E-state index >= 15 is 0 Å². The zero-order chi connectivity index (χ0) is 80.6. The first-order valence-corrected chi connectivity index (χ1v) is 50.0. The number of rotatable bonds is 90. The van der Waals surface area contributed by atoms with Gasteiger partial charge in [0, 0.05) is 25.7 Å². The van der Waals surface area contributed by atoms with Crippen LogP contribution in [0, 0.1) is 11.8 Å². The van der Waals surface area contributed by atoms with Crippen LogP contribution in [0.25, 0.3) is 0 Å². The van der Waals surface area contributed by atoms with Crippen molar-refractivity contribution < 1.29 is 80.2 Å². The molecular formula is C91H178O17P2. The van der Waals surface area contributed by atoms with Crippen LogP contribution < -0.4 is 0 Å². The Kier molecular flexibility index (Phi) is 80.7. The maximum absolute atomic E-state index is 13.2. The summed E-state index contributed by atoms with van der Waals surface area (Å²) in [5.74, 6) is -0.478. The topological polar surface area (TPSA) is 237 Å². The van der Waals surface area contributed by atoms with Crippen molar-refractivity contribution in [3.63, 3.8) is 0 Å². The minimum atomic E-state index is -4.97. The number of esters is 4. The number of aliphatic hydroxyl groups is 1. The number of phosphoric acid groups is 2. The summed E-state index contributed by atoms with van der Waals surface area (Å²) in [6, 6.07) is 0. The lowest BCUT2D eigenvalue weighted by molar-refractivity contribution is -0.161. The van der Waals surface area contributed by atoms with E-state index in [9.17, 15) is 43.2 Å². The Morgan fingerprint density at radius 2 is 0.418 bits per heavy atom. The highest BCUT2D eigenvalue weighted by atomic mass is 31.2. The second-order valence-corrected chi connectivity index (χ2v) is 36.6. The first-order valence-electron chi connectivity index (χ1n) is 47.0. The van der Waals surface area contributed by atoms with Crippen molar-refractivity contribution in [3.8, 4) is 0 Å². The quantitative estimate of drug-likeness (QED) is 0.0222. The largest absolute Gasteiger partial charge is 0.472 e. The van der Waals surface area contributed by atoms with Crippen molar-refractivity contribution in [3.05, 3.63) is 0 Å². The third kappa shape index (κ3) is 84.0. The second-order valence-electron chi connectivity index (χ2n) is 33.6. The monoisotopic (exact) mass is 1610 g/mol. The molecule has 0 amide bonds. The lowest BCUT2D eigenvalue weighted by Crippen LogP contribution is -2.30. The number of phosphoric ester groups is 2. The highest BCUT2D eigenvalue weighted by molar-refractivity contribution is 7.47. The molecule has 0 aromatic rings. The van der Waals surface area contributed by atoms with Gasteiger partial charge >= 0.3 is 39.5 Å². The fourth-order valence-electron chi connectivity index (χ4n) is 14.3. The van der Waals surface area contributed by atoms with Gasteiger partial charge in [-0.2, -0.15) is 0 Å². The number of carbonyl (C=O) groups is 4. The molecule has 3 N–H and O–H groups in total. The van der Waals surface area contributed by atoms with Gasteiger partial charge in [0.1, 0.15) is 19.3 Å². The molecule has 0 rings (SSSR count). The summed E-state index contributed by atoms with van der Waals surface area (Å²) >= 11 is 0. The number of ether oxygens (including phenoxy) is 4. The molecule has 0 radical (unpaired) electrons. The van der Waals surface area contributed by atoms with Gasteiger partial charge in [-0.3, -0.25) is 37.3 Å². The molecule has 0 aliphatic rings. The SMILES string of the molecule is CCCCCCCCCCCCCCCCCCCCCCCCC(=O)O[C@H](COC(=O)CCCCCCCCCCCCCCCCCCCCC(C)C)COP(=O)(O)OC[C@@H](O)COP(=O)(O)OC[C@@H](COC(=O)CCCCCCCCCCCC)OC(=O)CCCCCCCCCCCCCCCCC(C)C. The molecule has 0 saturated heterocycles. The third-order valence-corrected chi connectivity index (χ3v) is 23.4. The lowest BCUT2D eigenvalue weighted by Gasteiger charge is -2.21. The normalized spacial score (nSPS) is 13.7. The van der Waals surface area contributed by atoms with Crippen molar-refractivity contribution in [2.24, 2.45) is 11.8 Å². The Labute approximate surface area is 677 Å². The van der Waals surface area contributed by atoms with Crippen molar-refractivity contribution in [2.75, 3.05) is 39.6 Å². The van der Waals surface area contributed by atoms with Crippen LogP contribution >= 0.6 is 15.6 Å². The zero-order valence-corrected chi connectivity index (χ0v) is 74.4. The summed E-state index contributed by atoms with van der Waals surface area (Å²) < 4.78 is 69.0. The van der Waals surface area contributed by atoms with Gasteiger partial charge in [-0.25, -0.2) is 9.13 Å². The summed E-state index contributed by atoms with van der Waals surface area (Å²) in [5.41, 5.74) is 0. The van der Waals surface area contributed by atoms with Crippen LogP contribution in [0.1, 0.15) is 491 Å². The van der Waals surface area contributed by atoms with E-state index < -0.39 is 97.5 Å². The number of hydrogen-bond acceptors (Lipinski definition) is 15. The molecule has 0 aliphatic carbocycles. The predicted octanol–water partition coefficient (Wildman–Crippen LogP) is 28.2. The van der Waals surface area contributed by atoms with Gasteiger partial charge in [0.25, 0.3) is 0 Å². The average molecular weight is 1610 g/mol. The van der Waals surface area contributed by atoms with E-state index in [0.717, 1.165) is 102 Å². The molecule has 0 aromatic heterocycles. The number of aliphatic hydroxyl groups excluding tert-OH is 1. The molecule has 0 aliphatic heterocycles. The summed E-state index contributed by atoms with van der Waals surface area (Å²) in [5, 5.41) is 10.7. The molecule has 0 saturated carbocycles. The highest BCUT2D eigenvalue weighted by Gasteiger charge is 2.31. The van der Waals surface area contributed by atoms with Crippen LogP contribution in [-0.4, -0.2) is 96.7 Å². The van der Waals surface area contributed by atoms with Crippen LogP contribution in [0.4, 0.5) is 0 Å². The van der Waals surface area contributed by atoms with Crippen molar-refractivity contribution in [1.29, 1.82) is 0 Å². The number of unbranched alkanes of at least 4 members (excludes halogenated alkanes) is 60. The molecule has 0 aromatic carbocycles. The van der Waals surface area contributed by atoms with Gasteiger partial charge in [0.2, 0.25) is 0 Å². The van der Waals surface area contributed by atoms with Crippen molar-refractivity contribution in [2.45, 2.75) is 509 Å².